The van der Waals surface area contributed by atoms with Gasteiger partial charge in [0.2, 0.25) is 11.7 Å². The summed E-state index contributed by atoms with van der Waals surface area (Å²) in [5.41, 5.74) is 4.49. The maximum absolute atomic E-state index is 15.4. The minimum atomic E-state index is -0.391. The molecule has 326 valence electrons. The highest BCUT2D eigenvalue weighted by molar-refractivity contribution is 6.31. The summed E-state index contributed by atoms with van der Waals surface area (Å²) in [5.74, 6) is 2.29. The van der Waals surface area contributed by atoms with Crippen LogP contribution >= 0.6 is 0 Å². The molecule has 5 aliphatic carbocycles. The zero-order valence-electron chi connectivity index (χ0n) is 38.7. The SMILES string of the molecule is CC[N+]1(CC)CN2C(=N1)C(C(=O)N1CCN(C(=O)[C@]34CCC(C)(C)C[C@H]3C3=CC[C@@H]5[C@@]6(C)CC[C@H](OC(C)=O)C(C)(C)[C@@H]6CC[C@@]5(C)[C@]3(C)CC4)CC1)=Cc1ccccc12. The summed E-state index contributed by atoms with van der Waals surface area (Å²) < 4.78 is 6.59. The molecule has 5 fully saturated rings. The third-order valence-electron chi connectivity index (χ3n) is 19.3. The first-order valence-corrected chi connectivity index (χ1v) is 23.8. The van der Waals surface area contributed by atoms with Crippen molar-refractivity contribution in [3.05, 3.63) is 47.1 Å². The molecule has 2 amide bonds. The van der Waals surface area contributed by atoms with E-state index in [1.165, 1.54) is 6.42 Å². The molecule has 3 aliphatic heterocycles. The van der Waals surface area contributed by atoms with E-state index in [2.05, 4.69) is 96.4 Å². The number of quaternary nitrogens is 1. The van der Waals surface area contributed by atoms with Crippen LogP contribution in [0.3, 0.4) is 0 Å². The molecular formula is C51H74N5O4+. The van der Waals surface area contributed by atoms with E-state index in [4.69, 9.17) is 9.84 Å². The van der Waals surface area contributed by atoms with Crippen molar-refractivity contribution in [2.75, 3.05) is 50.8 Å². The number of rotatable bonds is 5. The Bertz CT molecular complexity index is 2060. The molecule has 60 heavy (non-hydrogen) atoms. The topological polar surface area (TPSA) is 82.5 Å². The number of allylic oxidation sites excluding steroid dienone is 2. The Morgan fingerprint density at radius 3 is 2.22 bits per heavy atom. The minimum absolute atomic E-state index is 0.0244. The number of nitrogens with zero attached hydrogens (tertiary/aromatic N) is 5. The van der Waals surface area contributed by atoms with E-state index in [1.54, 1.807) is 12.5 Å². The number of para-hydroxylation sites is 1. The Kier molecular flexibility index (Phi) is 9.79. The molecule has 3 heterocycles. The Labute approximate surface area is 360 Å². The van der Waals surface area contributed by atoms with Gasteiger partial charge in [-0.2, -0.15) is 4.59 Å². The van der Waals surface area contributed by atoms with Crippen LogP contribution in [0.25, 0.3) is 6.08 Å². The summed E-state index contributed by atoms with van der Waals surface area (Å²) in [6.07, 6.45) is 15.2. The first-order valence-electron chi connectivity index (χ1n) is 23.8. The van der Waals surface area contributed by atoms with Gasteiger partial charge in [-0.05, 0) is 135 Å². The fourth-order valence-electron chi connectivity index (χ4n) is 15.4. The van der Waals surface area contributed by atoms with E-state index in [-0.39, 0.29) is 51.0 Å². The van der Waals surface area contributed by atoms with E-state index < -0.39 is 5.41 Å². The Balaban J connectivity index is 0.966. The van der Waals surface area contributed by atoms with Crippen molar-refractivity contribution in [3.8, 4) is 0 Å². The fourth-order valence-corrected chi connectivity index (χ4v) is 15.4. The summed E-state index contributed by atoms with van der Waals surface area (Å²) in [7, 11) is 0. The van der Waals surface area contributed by atoms with Crippen LogP contribution in [0, 0.1) is 50.2 Å². The first-order chi connectivity index (χ1) is 28.3. The molecule has 0 spiro atoms. The second-order valence-corrected chi connectivity index (χ2v) is 22.8. The van der Waals surface area contributed by atoms with Crippen molar-refractivity contribution in [1.82, 2.24) is 9.80 Å². The zero-order valence-corrected chi connectivity index (χ0v) is 38.7. The number of esters is 1. The number of piperazine rings is 1. The number of hydrogen-bond acceptors (Lipinski definition) is 6. The Hall–Kier alpha value is -3.46. The number of carbonyl (C=O) groups is 3. The highest BCUT2D eigenvalue weighted by Gasteiger charge is 2.69. The van der Waals surface area contributed by atoms with Crippen LogP contribution in [0.2, 0.25) is 0 Å². The number of carbonyl (C=O) groups excluding carboxylic acids is 3. The maximum Gasteiger partial charge on any atom is 0.302 e. The van der Waals surface area contributed by atoms with E-state index in [1.807, 2.05) is 17.0 Å². The van der Waals surface area contributed by atoms with Gasteiger partial charge in [-0.1, -0.05) is 83.4 Å². The van der Waals surface area contributed by atoms with Crippen LogP contribution in [0.1, 0.15) is 139 Å². The molecular weight excluding hydrogens is 747 g/mol. The van der Waals surface area contributed by atoms with Crippen molar-refractivity contribution in [2.45, 2.75) is 140 Å². The van der Waals surface area contributed by atoms with E-state index in [0.29, 0.717) is 54.1 Å². The van der Waals surface area contributed by atoms with Crippen LogP contribution in [-0.2, 0) is 19.1 Å². The molecule has 4 saturated carbocycles. The number of ether oxygens (including phenoxy) is 1. The normalized spacial score (nSPS) is 38.4. The van der Waals surface area contributed by atoms with E-state index in [0.717, 1.165) is 94.6 Å². The van der Waals surface area contributed by atoms with Crippen molar-refractivity contribution in [1.29, 1.82) is 0 Å². The second kappa shape index (κ2) is 14.0. The van der Waals surface area contributed by atoms with Gasteiger partial charge in [0.25, 0.3) is 5.91 Å². The number of fused-ring (bicyclic) bond motifs is 10. The largest absolute Gasteiger partial charge is 0.462 e. The van der Waals surface area contributed by atoms with Gasteiger partial charge in [-0.25, -0.2) is 0 Å². The van der Waals surface area contributed by atoms with Crippen LogP contribution in [0.5, 0.6) is 0 Å². The maximum atomic E-state index is 15.4. The van der Waals surface area contributed by atoms with Crippen LogP contribution in [0.4, 0.5) is 5.69 Å². The summed E-state index contributed by atoms with van der Waals surface area (Å²) in [5, 5.41) is 5.22. The monoisotopic (exact) mass is 821 g/mol. The zero-order chi connectivity index (χ0) is 42.8. The third kappa shape index (κ3) is 5.92. The lowest BCUT2D eigenvalue weighted by molar-refractivity contribution is -0.925. The van der Waals surface area contributed by atoms with Crippen molar-refractivity contribution in [2.24, 2.45) is 55.3 Å². The van der Waals surface area contributed by atoms with Gasteiger partial charge >= 0.3 is 5.97 Å². The first kappa shape index (κ1) is 41.9. The molecule has 8 aliphatic rings. The van der Waals surface area contributed by atoms with Gasteiger partial charge in [0.05, 0.1) is 16.7 Å². The molecule has 8 atom stereocenters. The number of anilines is 1. The van der Waals surface area contributed by atoms with Gasteiger partial charge < -0.3 is 14.5 Å². The Morgan fingerprint density at radius 1 is 0.833 bits per heavy atom. The average Bonchev–Trinajstić information content (AvgIpc) is 3.62. The lowest BCUT2D eigenvalue weighted by atomic mass is 9.33. The molecule has 1 aromatic rings. The van der Waals surface area contributed by atoms with Crippen molar-refractivity contribution < 1.29 is 23.7 Å². The summed E-state index contributed by atoms with van der Waals surface area (Å²) in [6.45, 7) is 28.0. The quantitative estimate of drug-likeness (QED) is 0.168. The predicted octanol–water partition coefficient (Wildman–Crippen LogP) is 9.44. The fraction of sp³-hybridized carbons (Fsp3) is 0.725. The molecule has 9 heteroatoms. The number of hydrogen-bond donors (Lipinski definition) is 0. The number of amides is 2. The molecule has 0 N–H and O–H groups in total. The van der Waals surface area contributed by atoms with E-state index in [9.17, 15) is 9.59 Å². The summed E-state index contributed by atoms with van der Waals surface area (Å²) >= 11 is 0. The molecule has 0 aromatic heterocycles. The van der Waals surface area contributed by atoms with Crippen molar-refractivity contribution >= 4 is 35.4 Å². The molecule has 0 radical (unpaired) electrons. The minimum Gasteiger partial charge on any atom is -0.462 e. The van der Waals surface area contributed by atoms with Gasteiger partial charge in [0.15, 0.2) is 6.67 Å². The smallest absolute Gasteiger partial charge is 0.302 e. The van der Waals surface area contributed by atoms with Crippen LogP contribution < -0.4 is 4.90 Å². The van der Waals surface area contributed by atoms with Crippen LogP contribution in [-0.4, -0.2) is 90.1 Å². The molecule has 1 saturated heterocycles. The van der Waals surface area contributed by atoms with Gasteiger partial charge in [-0.3, -0.25) is 19.3 Å². The van der Waals surface area contributed by atoms with Gasteiger partial charge in [-0.15, -0.1) is 0 Å². The molecule has 9 nitrogen and oxygen atoms in total. The van der Waals surface area contributed by atoms with Gasteiger partial charge in [0, 0.05) is 38.5 Å². The van der Waals surface area contributed by atoms with Gasteiger partial charge in [0.1, 0.15) is 19.2 Å². The molecule has 1 aromatic carbocycles. The molecule has 0 unspecified atom stereocenters. The Morgan fingerprint density at radius 2 is 1.52 bits per heavy atom. The lowest BCUT2D eigenvalue weighted by Gasteiger charge is -2.71. The lowest BCUT2D eigenvalue weighted by Crippen LogP contribution is -2.66. The number of benzene rings is 1. The standard InChI is InChI=1S/C51H74N5O4/c1-11-56(12-2)33-55-39-16-14-13-15-35(39)31-36(43(55)52-56)44(58)53-27-29-54(30-28-53)45(59)51-25-23-46(4,5)32-38(51)37-17-18-41-48(8)21-20-42(60-34(3)57)47(6,7)40(48)19-22-50(41,10)49(37,9)24-26-51/h13-17,31,38,40-42H,11-12,18-30,32-33H2,1-10H3/q+1/t38-,40-,41+,42-,48-,49+,50+,51-/m0/s1. The summed E-state index contributed by atoms with van der Waals surface area (Å²) in [6, 6.07) is 8.35. The second-order valence-electron chi connectivity index (χ2n) is 22.8. The third-order valence-corrected chi connectivity index (χ3v) is 19.3. The van der Waals surface area contributed by atoms with Crippen LogP contribution in [0.15, 0.2) is 46.6 Å². The average molecular weight is 821 g/mol. The highest BCUT2D eigenvalue weighted by Crippen LogP contribution is 2.76. The van der Waals surface area contributed by atoms with E-state index >= 15 is 4.79 Å². The molecule has 9 rings (SSSR count). The number of amidine groups is 1. The predicted molar refractivity (Wildman–Crippen MR) is 238 cm³/mol. The van der Waals surface area contributed by atoms with Crippen molar-refractivity contribution in [3.63, 3.8) is 0 Å². The summed E-state index contributed by atoms with van der Waals surface area (Å²) in [4.78, 5) is 48.5. The molecule has 0 bridgehead atoms. The highest BCUT2D eigenvalue weighted by atomic mass is 16.5.